The van der Waals surface area contributed by atoms with Gasteiger partial charge in [-0.2, -0.15) is 0 Å². The van der Waals surface area contributed by atoms with Crippen LogP contribution in [0.25, 0.3) is 0 Å². The number of nitrogens with one attached hydrogen (secondary N) is 1. The van der Waals surface area contributed by atoms with Gasteiger partial charge in [-0.15, -0.1) is 0 Å². The number of aryl methyl sites for hydroxylation is 1. The van der Waals surface area contributed by atoms with E-state index in [1.165, 1.54) is 6.20 Å². The van der Waals surface area contributed by atoms with E-state index in [1.54, 1.807) is 12.3 Å². The molecule has 2 aliphatic rings. The molecule has 4 heterocycles. The third-order valence-corrected chi connectivity index (χ3v) is 6.00. The minimum absolute atomic E-state index is 0.0219. The predicted octanol–water partition coefficient (Wildman–Crippen LogP) is 4.24. The molecule has 1 N–H and O–H groups in total. The van der Waals surface area contributed by atoms with Crippen molar-refractivity contribution < 1.29 is 9.53 Å². The number of carbonyl (C=O) groups is 1. The van der Waals surface area contributed by atoms with Gasteiger partial charge in [0.25, 0.3) is 0 Å². The van der Waals surface area contributed by atoms with Crippen LogP contribution < -0.4 is 5.32 Å². The number of hydrogen-bond donors (Lipinski definition) is 1. The topological polar surface area (TPSA) is 64.1 Å². The minimum atomic E-state index is -0.264. The number of pyridine rings is 2. The van der Waals surface area contributed by atoms with Crippen LogP contribution >= 0.6 is 23.2 Å². The Kier molecular flexibility index (Phi) is 4.63. The molecule has 2 aromatic heterocycles. The first-order chi connectivity index (χ1) is 12.4. The zero-order chi connectivity index (χ0) is 18.4. The fourth-order valence-electron chi connectivity index (χ4n) is 4.22. The lowest BCUT2D eigenvalue weighted by atomic mass is 9.71. The van der Waals surface area contributed by atoms with Gasteiger partial charge in [-0.3, -0.25) is 9.78 Å². The highest BCUT2D eigenvalue weighted by Crippen LogP contribution is 2.51. The van der Waals surface area contributed by atoms with E-state index < -0.39 is 0 Å². The number of rotatable bonds is 3. The van der Waals surface area contributed by atoms with Crippen LogP contribution in [0.4, 0.5) is 5.69 Å². The maximum Gasteiger partial charge on any atom is 0.230 e. The summed E-state index contributed by atoms with van der Waals surface area (Å²) in [5.74, 6) is 0.0270. The number of nitrogens with zero attached hydrogens (tertiary/aromatic N) is 2. The molecule has 26 heavy (non-hydrogen) atoms. The van der Waals surface area contributed by atoms with Crippen molar-refractivity contribution in [3.8, 4) is 0 Å². The zero-order valence-corrected chi connectivity index (χ0v) is 16.0. The molecule has 0 spiro atoms. The molecular formula is C19H19Cl2N3O2. The van der Waals surface area contributed by atoms with Crippen molar-refractivity contribution in [2.45, 2.75) is 38.4 Å². The summed E-state index contributed by atoms with van der Waals surface area (Å²) in [4.78, 5) is 21.4. The second kappa shape index (κ2) is 6.80. The SMILES string of the molecule is Cc1cc([C@@H]2[C@H](C(=O)Nc3cnc(Cl)c(Cl)c3)[C@@H]3O[C@H]2C[C@@H]3C)ccn1. The molecule has 0 aliphatic carbocycles. The van der Waals surface area contributed by atoms with E-state index in [4.69, 9.17) is 27.9 Å². The first-order valence-corrected chi connectivity index (χ1v) is 9.39. The van der Waals surface area contributed by atoms with Crippen molar-refractivity contribution in [3.05, 3.63) is 52.0 Å². The Hall–Kier alpha value is -1.69. The van der Waals surface area contributed by atoms with Crippen molar-refractivity contribution in [2.75, 3.05) is 5.32 Å². The van der Waals surface area contributed by atoms with Gasteiger partial charge in [0.15, 0.2) is 0 Å². The summed E-state index contributed by atoms with van der Waals surface area (Å²) < 4.78 is 6.16. The molecule has 2 bridgehead atoms. The van der Waals surface area contributed by atoms with E-state index in [1.807, 2.05) is 19.1 Å². The Bertz CT molecular complexity index is 860. The highest BCUT2D eigenvalue weighted by molar-refractivity contribution is 6.41. The van der Waals surface area contributed by atoms with E-state index >= 15 is 0 Å². The lowest BCUT2D eigenvalue weighted by molar-refractivity contribution is -0.122. The second-order valence-electron chi connectivity index (χ2n) is 7.12. The molecule has 2 fully saturated rings. The lowest BCUT2D eigenvalue weighted by Gasteiger charge is -2.30. The first kappa shape index (κ1) is 17.7. The van der Waals surface area contributed by atoms with Crippen LogP contribution in [-0.2, 0) is 9.53 Å². The maximum atomic E-state index is 13.1. The molecule has 0 saturated carbocycles. The average molecular weight is 392 g/mol. The molecule has 136 valence electrons. The summed E-state index contributed by atoms with van der Waals surface area (Å²) in [7, 11) is 0. The quantitative estimate of drug-likeness (QED) is 0.794. The Morgan fingerprint density at radius 1 is 1.31 bits per heavy atom. The van der Waals surface area contributed by atoms with E-state index in [2.05, 4.69) is 22.2 Å². The summed E-state index contributed by atoms with van der Waals surface area (Å²) in [6.07, 6.45) is 4.23. The van der Waals surface area contributed by atoms with Crippen LogP contribution in [0.2, 0.25) is 10.2 Å². The predicted molar refractivity (Wildman–Crippen MR) is 101 cm³/mol. The molecule has 7 heteroatoms. The molecule has 4 rings (SSSR count). The van der Waals surface area contributed by atoms with Gasteiger partial charge in [-0.1, -0.05) is 30.1 Å². The number of carbonyl (C=O) groups excluding carboxylic acids is 1. The highest BCUT2D eigenvalue weighted by Gasteiger charge is 2.55. The van der Waals surface area contributed by atoms with Crippen LogP contribution in [0.1, 0.15) is 30.5 Å². The number of anilines is 1. The van der Waals surface area contributed by atoms with Gasteiger partial charge in [-0.25, -0.2) is 4.98 Å². The van der Waals surface area contributed by atoms with Crippen LogP contribution in [0.3, 0.4) is 0 Å². The minimum Gasteiger partial charge on any atom is -0.373 e. The maximum absolute atomic E-state index is 13.1. The Morgan fingerprint density at radius 2 is 2.12 bits per heavy atom. The molecule has 0 unspecified atom stereocenters. The fourth-order valence-corrected chi connectivity index (χ4v) is 4.49. The number of ether oxygens (including phenoxy) is 1. The molecule has 5 atom stereocenters. The lowest BCUT2D eigenvalue weighted by Crippen LogP contribution is -2.39. The van der Waals surface area contributed by atoms with Crippen LogP contribution in [0.5, 0.6) is 0 Å². The zero-order valence-electron chi connectivity index (χ0n) is 14.4. The van der Waals surface area contributed by atoms with Gasteiger partial charge >= 0.3 is 0 Å². The third-order valence-electron chi connectivity index (χ3n) is 5.31. The van der Waals surface area contributed by atoms with E-state index in [9.17, 15) is 4.79 Å². The summed E-state index contributed by atoms with van der Waals surface area (Å²) in [6, 6.07) is 5.63. The molecule has 2 aromatic rings. The smallest absolute Gasteiger partial charge is 0.230 e. The van der Waals surface area contributed by atoms with Crippen molar-refractivity contribution in [3.63, 3.8) is 0 Å². The monoisotopic (exact) mass is 391 g/mol. The number of fused-ring (bicyclic) bond motifs is 2. The van der Waals surface area contributed by atoms with Crippen molar-refractivity contribution in [1.29, 1.82) is 0 Å². The summed E-state index contributed by atoms with van der Waals surface area (Å²) in [6.45, 7) is 4.09. The van der Waals surface area contributed by atoms with Gasteiger partial charge in [0.2, 0.25) is 5.91 Å². The van der Waals surface area contributed by atoms with Gasteiger partial charge in [0.1, 0.15) is 5.15 Å². The normalized spacial score (nSPS) is 29.8. The van der Waals surface area contributed by atoms with Crippen molar-refractivity contribution >= 4 is 34.8 Å². The van der Waals surface area contributed by atoms with E-state index in [0.29, 0.717) is 16.6 Å². The number of hydrogen-bond acceptors (Lipinski definition) is 4. The summed E-state index contributed by atoms with van der Waals surface area (Å²) >= 11 is 11.9. The van der Waals surface area contributed by atoms with E-state index in [0.717, 1.165) is 17.7 Å². The van der Waals surface area contributed by atoms with Crippen LogP contribution in [0, 0.1) is 18.8 Å². The Labute approximate surface area is 162 Å². The Balaban J connectivity index is 1.63. The first-order valence-electron chi connectivity index (χ1n) is 8.64. The summed E-state index contributed by atoms with van der Waals surface area (Å²) in [5, 5.41) is 3.45. The Morgan fingerprint density at radius 3 is 2.85 bits per heavy atom. The van der Waals surface area contributed by atoms with Gasteiger partial charge in [0.05, 0.1) is 35.0 Å². The molecule has 2 aliphatic heterocycles. The van der Waals surface area contributed by atoms with Gasteiger partial charge in [0, 0.05) is 17.8 Å². The highest BCUT2D eigenvalue weighted by atomic mass is 35.5. The van der Waals surface area contributed by atoms with Crippen LogP contribution in [-0.4, -0.2) is 28.1 Å². The molecule has 5 nitrogen and oxygen atoms in total. The molecule has 2 saturated heterocycles. The van der Waals surface area contributed by atoms with Crippen molar-refractivity contribution in [2.24, 2.45) is 11.8 Å². The van der Waals surface area contributed by atoms with Gasteiger partial charge < -0.3 is 10.1 Å². The fraction of sp³-hybridized carbons (Fsp3) is 0.421. The number of amides is 1. The second-order valence-corrected chi connectivity index (χ2v) is 7.89. The largest absolute Gasteiger partial charge is 0.373 e. The number of aromatic nitrogens is 2. The average Bonchev–Trinajstić information content (AvgIpc) is 3.15. The molecule has 1 amide bonds. The number of halogens is 2. The third kappa shape index (κ3) is 3.08. The van der Waals surface area contributed by atoms with Crippen molar-refractivity contribution in [1.82, 2.24) is 9.97 Å². The molecule has 0 radical (unpaired) electrons. The van der Waals surface area contributed by atoms with E-state index in [-0.39, 0.29) is 35.1 Å². The molecule has 0 aromatic carbocycles. The standard InChI is InChI=1S/C19H19Cl2N3O2/c1-9-5-14-15(11-3-4-22-10(2)6-11)16(17(9)26-14)19(25)24-12-7-13(20)18(21)23-8-12/h3-4,6-9,14-17H,5H2,1-2H3,(H,24,25)/t9-,14-,15-,16-,17+/m0/s1. The van der Waals surface area contributed by atoms with Gasteiger partial charge in [-0.05, 0) is 43.0 Å². The van der Waals surface area contributed by atoms with Crippen LogP contribution in [0.15, 0.2) is 30.6 Å². The molecular weight excluding hydrogens is 373 g/mol. The summed E-state index contributed by atoms with van der Waals surface area (Å²) in [5.41, 5.74) is 2.57.